The van der Waals surface area contributed by atoms with Gasteiger partial charge in [0, 0.05) is 24.4 Å². The largest absolute Gasteiger partial charge is 0.394 e. The first-order valence-electron chi connectivity index (χ1n) is 7.64. The van der Waals surface area contributed by atoms with Gasteiger partial charge in [0.15, 0.2) is 0 Å². The molecule has 2 rings (SSSR count). The molecule has 0 aliphatic rings. The van der Waals surface area contributed by atoms with E-state index < -0.39 is 0 Å². The predicted octanol–water partition coefficient (Wildman–Crippen LogP) is -0.531. The smallest absolute Gasteiger partial charge is 0.272 e. The highest BCUT2D eigenvalue weighted by atomic mass is 16.3. The number of rotatable bonds is 7. The highest BCUT2D eigenvalue weighted by Gasteiger charge is 2.11. The Morgan fingerprint density at radius 2 is 1.96 bits per heavy atom. The number of aromatic amines is 1. The molecule has 0 aliphatic carbocycles. The fourth-order valence-corrected chi connectivity index (χ4v) is 2.23. The van der Waals surface area contributed by atoms with E-state index in [1.165, 1.54) is 0 Å². The van der Waals surface area contributed by atoms with Crippen LogP contribution in [0.15, 0.2) is 29.1 Å². The number of nitrogens with one attached hydrogen (secondary N) is 3. The summed E-state index contributed by atoms with van der Waals surface area (Å²) < 4.78 is 0. The van der Waals surface area contributed by atoms with Gasteiger partial charge in [-0.05, 0) is 13.0 Å². The van der Waals surface area contributed by atoms with Gasteiger partial charge in [-0.1, -0.05) is 18.2 Å². The van der Waals surface area contributed by atoms with Crippen LogP contribution in [0.3, 0.4) is 0 Å². The zero-order valence-electron chi connectivity index (χ0n) is 13.3. The molecule has 2 amide bonds. The molecule has 0 radical (unpaired) electrons. The Kier molecular flexibility index (Phi) is 6.02. The zero-order chi connectivity index (χ0) is 17.5. The monoisotopic (exact) mass is 332 g/mol. The Morgan fingerprint density at radius 3 is 2.67 bits per heavy atom. The van der Waals surface area contributed by atoms with Crippen molar-refractivity contribution in [1.82, 2.24) is 20.8 Å². The van der Waals surface area contributed by atoms with Gasteiger partial charge in [0.05, 0.1) is 24.1 Å². The molecule has 0 aliphatic heterocycles. The number of aliphatic hydroxyl groups is 1. The van der Waals surface area contributed by atoms with Crippen molar-refractivity contribution in [3.8, 4) is 0 Å². The summed E-state index contributed by atoms with van der Waals surface area (Å²) in [5, 5.41) is 21.5. The third-order valence-electron chi connectivity index (χ3n) is 3.46. The number of H-pyrrole nitrogens is 1. The van der Waals surface area contributed by atoms with Crippen LogP contribution >= 0.6 is 0 Å². The van der Waals surface area contributed by atoms with E-state index in [-0.39, 0.29) is 49.4 Å². The summed E-state index contributed by atoms with van der Waals surface area (Å²) in [7, 11) is 0. The van der Waals surface area contributed by atoms with Crippen LogP contribution in [0.2, 0.25) is 0 Å². The van der Waals surface area contributed by atoms with Crippen molar-refractivity contribution < 1.29 is 14.7 Å². The topological polar surface area (TPSA) is 124 Å². The lowest BCUT2D eigenvalue weighted by atomic mass is 10.1. The second-order valence-corrected chi connectivity index (χ2v) is 5.47. The lowest BCUT2D eigenvalue weighted by molar-refractivity contribution is -0.122. The van der Waals surface area contributed by atoms with E-state index in [0.717, 1.165) is 0 Å². The number of carbonyl (C=O) groups excluding carboxylic acids is 2. The maximum atomic E-state index is 12.0. The van der Waals surface area contributed by atoms with Gasteiger partial charge in [0.25, 0.3) is 5.56 Å². The number of nitrogens with zero attached hydrogens (tertiary/aromatic N) is 1. The van der Waals surface area contributed by atoms with Crippen LogP contribution in [0, 0.1) is 0 Å². The maximum Gasteiger partial charge on any atom is 0.272 e. The average Bonchev–Trinajstić information content (AvgIpc) is 2.57. The minimum Gasteiger partial charge on any atom is -0.394 e. The molecule has 0 unspecified atom stereocenters. The molecule has 0 saturated carbocycles. The van der Waals surface area contributed by atoms with Crippen molar-refractivity contribution in [3.63, 3.8) is 0 Å². The lowest BCUT2D eigenvalue weighted by Crippen LogP contribution is -2.37. The summed E-state index contributed by atoms with van der Waals surface area (Å²) in [5.74, 6) is -0.535. The number of fused-ring (bicyclic) bond motifs is 1. The van der Waals surface area contributed by atoms with Gasteiger partial charge >= 0.3 is 0 Å². The minimum atomic E-state index is -0.315. The Hall–Kier alpha value is -2.74. The number of hydrogen-bond acceptors (Lipinski definition) is 5. The molecule has 2 aromatic rings. The number of hydrogen-bond donors (Lipinski definition) is 4. The van der Waals surface area contributed by atoms with Gasteiger partial charge in [-0.3, -0.25) is 14.4 Å². The molecule has 1 atom stereocenters. The van der Waals surface area contributed by atoms with E-state index in [1.807, 2.05) is 0 Å². The lowest BCUT2D eigenvalue weighted by Gasteiger charge is -2.11. The second kappa shape index (κ2) is 8.21. The Morgan fingerprint density at radius 1 is 1.25 bits per heavy atom. The van der Waals surface area contributed by atoms with E-state index in [1.54, 1.807) is 31.2 Å². The summed E-state index contributed by atoms with van der Waals surface area (Å²) in [6.07, 6.45) is 0.127. The minimum absolute atomic E-state index is 0.00591. The fraction of sp³-hybridized carbons (Fsp3) is 0.375. The van der Waals surface area contributed by atoms with Gasteiger partial charge in [-0.2, -0.15) is 5.10 Å². The third-order valence-corrected chi connectivity index (χ3v) is 3.46. The molecule has 1 aromatic heterocycles. The molecule has 0 saturated heterocycles. The average molecular weight is 332 g/mol. The van der Waals surface area contributed by atoms with Crippen molar-refractivity contribution >= 4 is 22.6 Å². The van der Waals surface area contributed by atoms with Crippen LogP contribution in [-0.4, -0.2) is 46.3 Å². The van der Waals surface area contributed by atoms with Crippen LogP contribution in [0.4, 0.5) is 0 Å². The molecule has 8 heteroatoms. The summed E-state index contributed by atoms with van der Waals surface area (Å²) in [6.45, 7) is 1.73. The SMILES string of the molecule is C[C@@H](CO)NC(=O)CCNC(=O)Cc1n[nH]c(=O)c2ccccc12. The van der Waals surface area contributed by atoms with Gasteiger partial charge < -0.3 is 15.7 Å². The van der Waals surface area contributed by atoms with E-state index in [0.29, 0.717) is 16.5 Å². The second-order valence-electron chi connectivity index (χ2n) is 5.47. The third kappa shape index (κ3) is 4.63. The summed E-state index contributed by atoms with van der Waals surface area (Å²) in [6, 6.07) is 6.61. The standard InChI is InChI=1S/C16H20N4O4/c1-10(9-21)18-14(22)6-7-17-15(23)8-13-11-4-2-3-5-12(11)16(24)20-19-13/h2-5,10,21H,6-9H2,1H3,(H,17,23)(H,18,22)(H,20,24)/t10-/m0/s1. The molecular weight excluding hydrogens is 312 g/mol. The molecule has 0 spiro atoms. The highest BCUT2D eigenvalue weighted by molar-refractivity contribution is 5.88. The van der Waals surface area contributed by atoms with E-state index in [2.05, 4.69) is 20.8 Å². The zero-order valence-corrected chi connectivity index (χ0v) is 13.3. The normalized spacial score (nSPS) is 11.9. The molecule has 24 heavy (non-hydrogen) atoms. The Bertz CT molecular complexity index is 787. The van der Waals surface area contributed by atoms with Crippen LogP contribution in [0.5, 0.6) is 0 Å². The van der Waals surface area contributed by atoms with Crippen LogP contribution in [0.1, 0.15) is 19.0 Å². The van der Waals surface area contributed by atoms with Gasteiger partial charge in [0.1, 0.15) is 0 Å². The first-order chi connectivity index (χ1) is 11.5. The molecule has 1 heterocycles. The molecule has 8 nitrogen and oxygen atoms in total. The van der Waals surface area contributed by atoms with Gasteiger partial charge in [0.2, 0.25) is 11.8 Å². The van der Waals surface area contributed by atoms with Crippen molar-refractivity contribution in [2.75, 3.05) is 13.2 Å². The van der Waals surface area contributed by atoms with Gasteiger partial charge in [-0.25, -0.2) is 5.10 Å². The van der Waals surface area contributed by atoms with Crippen LogP contribution in [0.25, 0.3) is 10.8 Å². The predicted molar refractivity (Wildman–Crippen MR) is 88.4 cm³/mol. The number of amides is 2. The molecular formula is C16H20N4O4. The molecule has 0 fully saturated rings. The van der Waals surface area contributed by atoms with E-state index >= 15 is 0 Å². The Balaban J connectivity index is 1.91. The van der Waals surface area contributed by atoms with E-state index in [9.17, 15) is 14.4 Å². The quantitative estimate of drug-likeness (QED) is 0.542. The summed E-state index contributed by atoms with van der Waals surface area (Å²) in [4.78, 5) is 35.2. The first-order valence-corrected chi connectivity index (χ1v) is 7.64. The van der Waals surface area contributed by atoms with Crippen LogP contribution in [-0.2, 0) is 16.0 Å². The van der Waals surface area contributed by atoms with Crippen molar-refractivity contribution in [1.29, 1.82) is 0 Å². The Labute approximate surface area is 138 Å². The van der Waals surface area contributed by atoms with Crippen LogP contribution < -0.4 is 16.2 Å². The highest BCUT2D eigenvalue weighted by Crippen LogP contribution is 2.12. The summed E-state index contributed by atoms with van der Waals surface area (Å²) >= 11 is 0. The van der Waals surface area contributed by atoms with Gasteiger partial charge in [-0.15, -0.1) is 0 Å². The molecule has 1 aromatic carbocycles. The fourth-order valence-electron chi connectivity index (χ4n) is 2.23. The number of aliphatic hydroxyl groups excluding tert-OH is 1. The van der Waals surface area contributed by atoms with Crippen molar-refractivity contribution in [2.45, 2.75) is 25.8 Å². The maximum absolute atomic E-state index is 12.0. The number of benzene rings is 1. The number of aromatic nitrogens is 2. The molecule has 128 valence electrons. The molecule has 4 N–H and O–H groups in total. The van der Waals surface area contributed by atoms with Crippen molar-refractivity contribution in [2.24, 2.45) is 0 Å². The molecule has 0 bridgehead atoms. The number of carbonyl (C=O) groups is 2. The van der Waals surface area contributed by atoms with Crippen molar-refractivity contribution in [3.05, 3.63) is 40.3 Å². The summed E-state index contributed by atoms with van der Waals surface area (Å²) in [5.41, 5.74) is 0.172. The first kappa shape index (κ1) is 17.6. The van der Waals surface area contributed by atoms with E-state index in [4.69, 9.17) is 5.11 Å².